The fourth-order valence-corrected chi connectivity index (χ4v) is 7.02. The summed E-state index contributed by atoms with van der Waals surface area (Å²) in [6, 6.07) is 5.42. The first kappa shape index (κ1) is 34.6. The maximum atomic E-state index is 13.9. The van der Waals surface area contributed by atoms with Crippen molar-refractivity contribution >= 4 is 29.4 Å². The van der Waals surface area contributed by atoms with E-state index in [1.54, 1.807) is 4.90 Å². The number of hydrogen-bond acceptors (Lipinski definition) is 7. The Morgan fingerprint density at radius 2 is 1.64 bits per heavy atom. The van der Waals surface area contributed by atoms with Gasteiger partial charge in [-0.05, 0) is 46.5 Å². The first-order chi connectivity index (χ1) is 20.9. The van der Waals surface area contributed by atoms with Gasteiger partial charge in [0.15, 0.2) is 5.78 Å². The van der Waals surface area contributed by atoms with E-state index in [4.69, 9.17) is 5.73 Å². The fourth-order valence-electron chi connectivity index (χ4n) is 7.02. The van der Waals surface area contributed by atoms with Crippen LogP contribution in [0.25, 0.3) is 0 Å². The average Bonchev–Trinajstić information content (AvgIpc) is 3.80. The van der Waals surface area contributed by atoms with E-state index in [1.165, 1.54) is 0 Å². The molecule has 3 unspecified atom stereocenters. The van der Waals surface area contributed by atoms with Crippen LogP contribution in [-0.2, 0) is 25.6 Å². The number of carbonyl (C=O) groups excluding carboxylic acids is 5. The number of nitrogens with zero attached hydrogens (tertiary/aromatic N) is 1. The molecule has 7 atom stereocenters. The Morgan fingerprint density at radius 1 is 1.02 bits per heavy atom. The van der Waals surface area contributed by atoms with E-state index in [0.717, 1.165) is 18.4 Å². The van der Waals surface area contributed by atoms with Crippen LogP contribution < -0.4 is 21.7 Å². The molecule has 11 nitrogen and oxygen atoms in total. The molecule has 4 rings (SSSR count). The number of aliphatic hydroxyl groups excluding tert-OH is 1. The van der Waals surface area contributed by atoms with Crippen molar-refractivity contribution in [3.05, 3.63) is 35.9 Å². The van der Waals surface area contributed by atoms with Crippen molar-refractivity contribution in [1.29, 1.82) is 0 Å². The molecule has 0 bridgehead atoms. The average molecular weight is 626 g/mol. The van der Waals surface area contributed by atoms with Crippen molar-refractivity contribution in [1.82, 2.24) is 20.9 Å². The maximum Gasteiger partial charge on any atom is 0.315 e. The Hall–Kier alpha value is -3.31. The summed E-state index contributed by atoms with van der Waals surface area (Å²) >= 11 is 0. The zero-order valence-corrected chi connectivity index (χ0v) is 27.6. The number of nitrogens with two attached hydrogens (primary N) is 1. The summed E-state index contributed by atoms with van der Waals surface area (Å²) in [4.78, 5) is 66.5. The first-order valence-corrected chi connectivity index (χ1v) is 16.1. The highest BCUT2D eigenvalue weighted by Crippen LogP contribution is 2.65. The number of aliphatic hydroxyl groups is 1. The minimum Gasteiger partial charge on any atom is -0.376 e. The van der Waals surface area contributed by atoms with Crippen molar-refractivity contribution in [2.75, 3.05) is 6.54 Å². The molecule has 3 fully saturated rings. The molecule has 0 aromatic heterocycles. The zero-order chi connectivity index (χ0) is 33.4. The molecule has 1 heterocycles. The molecule has 0 spiro atoms. The van der Waals surface area contributed by atoms with Crippen molar-refractivity contribution in [3.63, 3.8) is 0 Å². The lowest BCUT2D eigenvalue weighted by Crippen LogP contribution is -2.64. The Labute approximate surface area is 266 Å². The molecule has 3 aliphatic rings. The van der Waals surface area contributed by atoms with Gasteiger partial charge in [-0.1, -0.05) is 91.6 Å². The second-order valence-corrected chi connectivity index (χ2v) is 15.3. The maximum absolute atomic E-state index is 13.9. The molecule has 45 heavy (non-hydrogen) atoms. The number of benzene rings is 1. The van der Waals surface area contributed by atoms with Gasteiger partial charge in [-0.2, -0.15) is 0 Å². The SMILES string of the molecule is CC(C)[C@H](NC(=O)N[C@H](C(O)N1C[C@H]2C([C@H]1C(=O)NC(CC1CC1)C(=O)C(N)=O)C2(C)C)C(C)(C)C)C(=O)Cc1ccccc1. The van der Waals surface area contributed by atoms with Crippen molar-refractivity contribution in [2.45, 2.75) is 105 Å². The van der Waals surface area contributed by atoms with Crippen LogP contribution >= 0.6 is 0 Å². The van der Waals surface area contributed by atoms with Crippen LogP contribution in [0.3, 0.4) is 0 Å². The van der Waals surface area contributed by atoms with E-state index in [9.17, 15) is 29.1 Å². The number of carbonyl (C=O) groups is 5. The van der Waals surface area contributed by atoms with Crippen LogP contribution in [0.15, 0.2) is 30.3 Å². The van der Waals surface area contributed by atoms with E-state index < -0.39 is 59.4 Å². The van der Waals surface area contributed by atoms with Gasteiger partial charge < -0.3 is 26.8 Å². The van der Waals surface area contributed by atoms with E-state index in [0.29, 0.717) is 13.0 Å². The zero-order valence-electron chi connectivity index (χ0n) is 27.6. The van der Waals surface area contributed by atoms with E-state index in [1.807, 2.05) is 65.0 Å². The minimum absolute atomic E-state index is 0.0761. The van der Waals surface area contributed by atoms with E-state index in [-0.39, 0.29) is 41.3 Å². The lowest BCUT2D eigenvalue weighted by molar-refractivity contribution is -0.141. The number of nitrogens with one attached hydrogen (secondary N) is 3. The molecular weight excluding hydrogens is 574 g/mol. The molecule has 2 aliphatic carbocycles. The van der Waals surface area contributed by atoms with Crippen LogP contribution in [0, 0.1) is 34.5 Å². The molecular formula is C34H51N5O6. The highest BCUT2D eigenvalue weighted by Gasteiger charge is 2.69. The predicted octanol–water partition coefficient (Wildman–Crippen LogP) is 2.15. The molecule has 1 saturated heterocycles. The lowest BCUT2D eigenvalue weighted by Gasteiger charge is -2.42. The summed E-state index contributed by atoms with van der Waals surface area (Å²) in [6.07, 6.45) is 1.15. The van der Waals surface area contributed by atoms with Crippen LogP contribution in [-0.4, -0.2) is 76.4 Å². The number of amides is 4. The number of rotatable bonds is 14. The highest BCUT2D eigenvalue weighted by molar-refractivity contribution is 6.37. The Kier molecular flexibility index (Phi) is 10.1. The Bertz CT molecular complexity index is 1290. The van der Waals surface area contributed by atoms with Gasteiger partial charge in [0.25, 0.3) is 5.91 Å². The second-order valence-electron chi connectivity index (χ2n) is 15.3. The summed E-state index contributed by atoms with van der Waals surface area (Å²) < 4.78 is 0. The number of Topliss-reactive ketones (excluding diaryl/α,β-unsaturated/α-hetero) is 2. The first-order valence-electron chi connectivity index (χ1n) is 16.1. The van der Waals surface area contributed by atoms with Gasteiger partial charge >= 0.3 is 6.03 Å². The summed E-state index contributed by atoms with van der Waals surface area (Å²) in [7, 11) is 0. The third-order valence-electron chi connectivity index (χ3n) is 10.0. The third kappa shape index (κ3) is 7.92. The smallest absolute Gasteiger partial charge is 0.315 e. The van der Waals surface area contributed by atoms with Gasteiger partial charge in [0.2, 0.25) is 11.7 Å². The fraction of sp³-hybridized carbons (Fsp3) is 0.676. The standard InChI is InChI=1S/C34H51N5O6/c1-18(2)25(23(40)16-19-11-9-8-10-12-19)37-32(45)38-28(33(3,4)5)31(44)39-17-21-24(34(21,6)7)26(39)30(43)36-22(15-20-13-14-20)27(41)29(35)42/h8-12,18,20-22,24-26,28,31,44H,13-17H2,1-7H3,(H2,35,42)(H,36,43)(H2,37,38,45)/t21-,22?,24?,25-,26-,28+,31?/m0/s1. The Morgan fingerprint density at radius 3 is 2.18 bits per heavy atom. The molecule has 11 heteroatoms. The summed E-state index contributed by atoms with van der Waals surface area (Å²) in [6.45, 7) is 14.0. The normalized spacial score (nSPS) is 25.0. The second kappa shape index (κ2) is 13.2. The lowest BCUT2D eigenvalue weighted by atomic mass is 9.84. The number of likely N-dealkylation sites (tertiary alicyclic amines) is 1. The monoisotopic (exact) mass is 625 g/mol. The molecule has 1 aliphatic heterocycles. The minimum atomic E-state index is -1.25. The van der Waals surface area contributed by atoms with Crippen molar-refractivity contribution < 1.29 is 29.1 Å². The van der Waals surface area contributed by atoms with E-state index >= 15 is 0 Å². The number of hydrogen-bond donors (Lipinski definition) is 5. The van der Waals surface area contributed by atoms with Crippen LogP contribution in [0.1, 0.15) is 73.3 Å². The number of primary amides is 1. The van der Waals surface area contributed by atoms with Crippen LogP contribution in [0.2, 0.25) is 0 Å². The van der Waals surface area contributed by atoms with Crippen molar-refractivity contribution in [3.8, 4) is 0 Å². The quantitative estimate of drug-likeness (QED) is 0.197. The number of ketones is 2. The molecule has 4 amide bonds. The van der Waals surface area contributed by atoms with Gasteiger partial charge in [-0.3, -0.25) is 24.1 Å². The topological polar surface area (TPSA) is 171 Å². The largest absolute Gasteiger partial charge is 0.376 e. The molecule has 1 aromatic carbocycles. The molecule has 6 N–H and O–H groups in total. The van der Waals surface area contributed by atoms with Gasteiger partial charge in [-0.25, -0.2) is 4.79 Å². The third-order valence-corrected chi connectivity index (χ3v) is 10.0. The molecule has 0 radical (unpaired) electrons. The molecule has 2 saturated carbocycles. The number of piperidine rings is 1. The summed E-state index contributed by atoms with van der Waals surface area (Å²) in [5.74, 6) is -2.31. The predicted molar refractivity (Wildman–Crippen MR) is 169 cm³/mol. The summed E-state index contributed by atoms with van der Waals surface area (Å²) in [5.41, 5.74) is 5.37. The van der Waals surface area contributed by atoms with Crippen LogP contribution in [0.5, 0.6) is 0 Å². The summed E-state index contributed by atoms with van der Waals surface area (Å²) in [5, 5.41) is 20.4. The number of urea groups is 1. The van der Waals surface area contributed by atoms with Crippen LogP contribution in [0.4, 0.5) is 4.79 Å². The van der Waals surface area contributed by atoms with Crippen molar-refractivity contribution in [2.24, 2.45) is 40.2 Å². The van der Waals surface area contributed by atoms with Gasteiger partial charge in [0.1, 0.15) is 6.23 Å². The molecule has 248 valence electrons. The number of fused-ring (bicyclic) bond motifs is 1. The van der Waals surface area contributed by atoms with E-state index in [2.05, 4.69) is 29.8 Å². The van der Waals surface area contributed by atoms with Gasteiger partial charge in [-0.15, -0.1) is 0 Å². The van der Waals surface area contributed by atoms with Gasteiger partial charge in [0.05, 0.1) is 24.2 Å². The molecule has 1 aromatic rings. The Balaban J connectivity index is 1.50. The highest BCUT2D eigenvalue weighted by atomic mass is 16.3. The van der Waals surface area contributed by atoms with Gasteiger partial charge in [0, 0.05) is 13.0 Å².